The van der Waals surface area contributed by atoms with Gasteiger partial charge in [-0.1, -0.05) is 36.4 Å². The van der Waals surface area contributed by atoms with Crippen molar-refractivity contribution in [3.8, 4) is 0 Å². The zero-order valence-corrected chi connectivity index (χ0v) is 8.44. The third-order valence-electron chi connectivity index (χ3n) is 2.81. The van der Waals surface area contributed by atoms with Gasteiger partial charge in [0, 0.05) is 11.1 Å². The summed E-state index contributed by atoms with van der Waals surface area (Å²) in [6.07, 6.45) is 10.1. The molecule has 0 saturated heterocycles. The lowest BCUT2D eigenvalue weighted by Gasteiger charge is -2.10. The van der Waals surface area contributed by atoms with Gasteiger partial charge in [-0.2, -0.15) is 0 Å². The lowest BCUT2D eigenvalue weighted by Crippen LogP contribution is -2.29. The Morgan fingerprint density at radius 2 is 1.12 bits per heavy atom. The first-order valence-corrected chi connectivity index (χ1v) is 5.06. The van der Waals surface area contributed by atoms with Gasteiger partial charge in [-0.3, -0.25) is 9.59 Å². The quantitative estimate of drug-likeness (QED) is 0.630. The Morgan fingerprint density at radius 3 is 1.56 bits per heavy atom. The molecule has 2 nitrogen and oxygen atoms in total. The number of carbonyl (C=O) groups excluding carboxylic acids is 2. The first kappa shape index (κ1) is 9.04. The minimum absolute atomic E-state index is 0.0913. The molecule has 0 amide bonds. The minimum atomic E-state index is -0.0913. The van der Waals surface area contributed by atoms with Crippen molar-refractivity contribution in [1.29, 1.82) is 0 Å². The van der Waals surface area contributed by atoms with Crippen LogP contribution in [0.5, 0.6) is 0 Å². The topological polar surface area (TPSA) is 34.1 Å². The van der Waals surface area contributed by atoms with E-state index in [-0.39, 0.29) is 11.6 Å². The molecular formula is C14H8O2. The molecular weight excluding hydrogens is 200 g/mol. The van der Waals surface area contributed by atoms with Crippen LogP contribution in [-0.4, -0.2) is 11.6 Å². The highest BCUT2D eigenvalue weighted by Gasteiger charge is 2.19. The van der Waals surface area contributed by atoms with Crippen molar-refractivity contribution in [1.82, 2.24) is 0 Å². The highest BCUT2D eigenvalue weighted by Crippen LogP contribution is 2.09. The molecule has 0 aliphatic heterocycles. The second kappa shape index (κ2) is 3.14. The van der Waals surface area contributed by atoms with Gasteiger partial charge in [0.1, 0.15) is 0 Å². The van der Waals surface area contributed by atoms with Gasteiger partial charge in [-0.15, -0.1) is 0 Å². The second-order valence-electron chi connectivity index (χ2n) is 3.77. The fraction of sp³-hybridized carbons (Fsp3) is 0. The van der Waals surface area contributed by atoms with Gasteiger partial charge >= 0.3 is 0 Å². The molecule has 0 atom stereocenters. The Bertz CT molecular complexity index is 627. The number of allylic oxidation sites excluding steroid dienone is 4. The van der Waals surface area contributed by atoms with Crippen LogP contribution < -0.4 is 10.4 Å². The van der Waals surface area contributed by atoms with E-state index in [2.05, 4.69) is 0 Å². The largest absolute Gasteiger partial charge is 0.289 e. The number of rotatable bonds is 0. The number of fused-ring (bicyclic) bond motifs is 3. The van der Waals surface area contributed by atoms with Crippen LogP contribution in [0.1, 0.15) is 20.7 Å². The van der Waals surface area contributed by atoms with E-state index in [9.17, 15) is 9.59 Å². The molecule has 0 unspecified atom stereocenters. The normalized spacial score (nSPS) is 16.2. The van der Waals surface area contributed by atoms with E-state index in [1.54, 1.807) is 12.2 Å². The predicted octanol–water partition coefficient (Wildman–Crippen LogP) is 0.753. The van der Waals surface area contributed by atoms with Crippen LogP contribution in [-0.2, 0) is 0 Å². The lowest BCUT2D eigenvalue weighted by atomic mass is 9.91. The van der Waals surface area contributed by atoms with Gasteiger partial charge in [0.05, 0.1) is 0 Å². The summed E-state index contributed by atoms with van der Waals surface area (Å²) in [4.78, 5) is 23.6. The third kappa shape index (κ3) is 1.13. The van der Waals surface area contributed by atoms with Crippen molar-refractivity contribution in [2.45, 2.75) is 0 Å². The van der Waals surface area contributed by atoms with E-state index < -0.39 is 0 Å². The predicted molar refractivity (Wildman–Crippen MR) is 61.6 cm³/mol. The van der Waals surface area contributed by atoms with Crippen molar-refractivity contribution in [2.24, 2.45) is 0 Å². The fourth-order valence-corrected chi connectivity index (χ4v) is 2.09. The van der Waals surface area contributed by atoms with E-state index in [4.69, 9.17) is 0 Å². The molecule has 3 rings (SSSR count). The molecule has 0 N–H and O–H groups in total. The number of hydrogen-bond acceptors (Lipinski definition) is 2. The molecule has 0 fully saturated rings. The number of ketones is 2. The van der Waals surface area contributed by atoms with Crippen molar-refractivity contribution < 1.29 is 9.59 Å². The molecule has 0 radical (unpaired) electrons. The molecule has 76 valence electrons. The SMILES string of the molecule is O=C1C=CC=c2ccc3c(c21)C(=O)C=CC=3. The summed E-state index contributed by atoms with van der Waals surface area (Å²) in [5.74, 6) is -0.183. The maximum Gasteiger partial charge on any atom is 0.187 e. The summed E-state index contributed by atoms with van der Waals surface area (Å²) in [6.45, 7) is 0. The van der Waals surface area contributed by atoms with Crippen molar-refractivity contribution in [3.63, 3.8) is 0 Å². The van der Waals surface area contributed by atoms with Gasteiger partial charge in [-0.25, -0.2) is 0 Å². The molecule has 2 aliphatic rings. The van der Waals surface area contributed by atoms with Crippen molar-refractivity contribution in [3.05, 3.63) is 58.0 Å². The first-order valence-electron chi connectivity index (χ1n) is 5.06. The molecule has 1 aromatic carbocycles. The number of carbonyl (C=O) groups is 2. The van der Waals surface area contributed by atoms with Crippen LogP contribution in [0.25, 0.3) is 12.2 Å². The second-order valence-corrected chi connectivity index (χ2v) is 3.77. The molecule has 0 heterocycles. The van der Waals surface area contributed by atoms with E-state index >= 15 is 0 Å². The summed E-state index contributed by atoms with van der Waals surface area (Å²) >= 11 is 0. The molecule has 2 heteroatoms. The first-order chi connectivity index (χ1) is 7.77. The monoisotopic (exact) mass is 208 g/mol. The van der Waals surface area contributed by atoms with Gasteiger partial charge in [-0.05, 0) is 22.6 Å². The van der Waals surface area contributed by atoms with Crippen molar-refractivity contribution >= 4 is 23.7 Å². The van der Waals surface area contributed by atoms with Crippen LogP contribution in [0.2, 0.25) is 0 Å². The van der Waals surface area contributed by atoms with E-state index in [1.165, 1.54) is 12.2 Å². The van der Waals surface area contributed by atoms with Gasteiger partial charge in [0.2, 0.25) is 0 Å². The summed E-state index contributed by atoms with van der Waals surface area (Å²) in [6, 6.07) is 3.75. The Balaban J connectivity index is 2.51. The maximum atomic E-state index is 11.8. The van der Waals surface area contributed by atoms with Gasteiger partial charge in [0.15, 0.2) is 11.6 Å². The Labute approximate surface area is 91.9 Å². The smallest absolute Gasteiger partial charge is 0.187 e. The average Bonchev–Trinajstić information content (AvgIpc) is 2.29. The van der Waals surface area contributed by atoms with Crippen molar-refractivity contribution in [2.75, 3.05) is 0 Å². The number of hydrogen-bond donors (Lipinski definition) is 0. The van der Waals surface area contributed by atoms with E-state index in [0.29, 0.717) is 11.1 Å². The highest BCUT2D eigenvalue weighted by molar-refractivity contribution is 6.18. The summed E-state index contributed by atoms with van der Waals surface area (Å²) in [5.41, 5.74) is 1.07. The Morgan fingerprint density at radius 1 is 0.688 bits per heavy atom. The molecule has 2 aliphatic carbocycles. The summed E-state index contributed by atoms with van der Waals surface area (Å²) in [7, 11) is 0. The zero-order chi connectivity index (χ0) is 11.1. The maximum absolute atomic E-state index is 11.8. The third-order valence-corrected chi connectivity index (χ3v) is 2.81. The Kier molecular flexibility index (Phi) is 1.77. The molecule has 0 spiro atoms. The van der Waals surface area contributed by atoms with Crippen LogP contribution in [0, 0.1) is 0 Å². The van der Waals surface area contributed by atoms with Gasteiger partial charge in [0.25, 0.3) is 0 Å². The molecule has 0 aromatic heterocycles. The molecule has 16 heavy (non-hydrogen) atoms. The summed E-state index contributed by atoms with van der Waals surface area (Å²) in [5, 5.41) is 1.65. The van der Waals surface area contributed by atoms with E-state index in [0.717, 1.165) is 10.4 Å². The highest BCUT2D eigenvalue weighted by atomic mass is 16.1. The van der Waals surface area contributed by atoms with E-state index in [1.807, 2.05) is 24.3 Å². The van der Waals surface area contributed by atoms with Gasteiger partial charge < -0.3 is 0 Å². The Hall–Kier alpha value is -2.22. The summed E-state index contributed by atoms with van der Waals surface area (Å²) < 4.78 is 0. The average molecular weight is 208 g/mol. The standard InChI is InChI=1S/C14H8O2/c15-11-5-1-3-9-7-8-10-4-2-6-12(16)14(10)13(9)11/h1-8H. The van der Waals surface area contributed by atoms with Crippen LogP contribution in [0.4, 0.5) is 0 Å². The zero-order valence-electron chi connectivity index (χ0n) is 8.44. The molecule has 0 saturated carbocycles. The lowest BCUT2D eigenvalue weighted by molar-refractivity contribution is 0.101. The number of benzene rings is 1. The molecule has 1 aromatic rings. The van der Waals surface area contributed by atoms with Crippen LogP contribution >= 0.6 is 0 Å². The van der Waals surface area contributed by atoms with Crippen LogP contribution in [0.15, 0.2) is 36.4 Å². The fourth-order valence-electron chi connectivity index (χ4n) is 2.09. The van der Waals surface area contributed by atoms with Crippen LogP contribution in [0.3, 0.4) is 0 Å². The molecule has 0 bridgehead atoms. The minimum Gasteiger partial charge on any atom is -0.289 e.